The van der Waals surface area contributed by atoms with Crippen molar-refractivity contribution in [3.63, 3.8) is 0 Å². The first-order valence-electron chi connectivity index (χ1n) is 7.14. The minimum absolute atomic E-state index is 0.0238. The third kappa shape index (κ3) is 3.79. The number of hydrogen-bond donors (Lipinski definition) is 1. The summed E-state index contributed by atoms with van der Waals surface area (Å²) in [5.74, 6) is -1.86. The average Bonchev–Trinajstić information content (AvgIpc) is 2.62. The van der Waals surface area contributed by atoms with Crippen molar-refractivity contribution < 1.29 is 22.4 Å². The van der Waals surface area contributed by atoms with Gasteiger partial charge in [-0.3, -0.25) is 4.79 Å². The van der Waals surface area contributed by atoms with E-state index in [4.69, 9.17) is 0 Å². The third-order valence-electron chi connectivity index (χ3n) is 3.28. The highest BCUT2D eigenvalue weighted by Gasteiger charge is 2.30. The molecular formula is C16H9F4N5O. The molecule has 1 N–H and O–H groups in total. The molecule has 10 heteroatoms. The zero-order chi connectivity index (χ0) is 18.7. The molecule has 2 aromatic heterocycles. The van der Waals surface area contributed by atoms with Crippen LogP contribution in [0.4, 0.5) is 23.4 Å². The minimum Gasteiger partial charge on any atom is -0.304 e. The topological polar surface area (TPSA) is 80.7 Å². The molecule has 2 heterocycles. The number of carbonyl (C=O) groups excluding carboxylic acids is 1. The monoisotopic (exact) mass is 363 g/mol. The number of nitrogens with zero attached hydrogens (tertiary/aromatic N) is 4. The summed E-state index contributed by atoms with van der Waals surface area (Å²) in [6.07, 6.45) is -2.16. The van der Waals surface area contributed by atoms with E-state index in [0.717, 1.165) is 24.5 Å². The van der Waals surface area contributed by atoms with Crippen molar-refractivity contribution in [1.29, 1.82) is 0 Å². The largest absolute Gasteiger partial charge is 0.416 e. The molecule has 0 bridgehead atoms. The van der Waals surface area contributed by atoms with Crippen molar-refractivity contribution in [2.45, 2.75) is 6.18 Å². The molecule has 26 heavy (non-hydrogen) atoms. The lowest BCUT2D eigenvalue weighted by molar-refractivity contribution is -0.137. The summed E-state index contributed by atoms with van der Waals surface area (Å²) < 4.78 is 51.1. The predicted octanol–water partition coefficient (Wildman–Crippen LogP) is 3.34. The number of alkyl halides is 3. The molecule has 6 nitrogen and oxygen atoms in total. The summed E-state index contributed by atoms with van der Waals surface area (Å²) in [5.41, 5.74) is -0.545. The number of rotatable bonds is 3. The van der Waals surface area contributed by atoms with Crippen LogP contribution in [0.15, 0.2) is 48.8 Å². The van der Waals surface area contributed by atoms with Crippen molar-refractivity contribution >= 4 is 11.7 Å². The third-order valence-corrected chi connectivity index (χ3v) is 3.28. The molecule has 1 aromatic carbocycles. The van der Waals surface area contributed by atoms with Crippen LogP contribution in [0.5, 0.6) is 0 Å². The summed E-state index contributed by atoms with van der Waals surface area (Å²) in [4.78, 5) is 18.8. The molecule has 0 aliphatic rings. The first kappa shape index (κ1) is 17.4. The molecule has 3 aromatic rings. The Bertz CT molecular complexity index is 927. The summed E-state index contributed by atoms with van der Waals surface area (Å²) in [6, 6.07) is 7.23. The van der Waals surface area contributed by atoms with Gasteiger partial charge < -0.3 is 5.32 Å². The molecule has 3 rings (SSSR count). The van der Waals surface area contributed by atoms with Crippen LogP contribution in [-0.2, 0) is 6.18 Å². The second kappa shape index (κ2) is 6.82. The van der Waals surface area contributed by atoms with E-state index in [9.17, 15) is 22.4 Å². The van der Waals surface area contributed by atoms with Gasteiger partial charge in [-0.2, -0.15) is 17.6 Å². The number of aromatic nitrogens is 4. The van der Waals surface area contributed by atoms with Crippen LogP contribution in [0.25, 0.3) is 11.3 Å². The molecule has 0 unspecified atom stereocenters. The van der Waals surface area contributed by atoms with Gasteiger partial charge in [0.1, 0.15) is 0 Å². The second-order valence-corrected chi connectivity index (χ2v) is 5.03. The lowest BCUT2D eigenvalue weighted by Crippen LogP contribution is -2.17. The molecule has 0 radical (unpaired) electrons. The average molecular weight is 363 g/mol. The van der Waals surface area contributed by atoms with Crippen LogP contribution in [0, 0.1) is 5.95 Å². The van der Waals surface area contributed by atoms with Gasteiger partial charge >= 0.3 is 6.18 Å². The molecule has 0 saturated heterocycles. The fourth-order valence-corrected chi connectivity index (χ4v) is 2.03. The Morgan fingerprint density at radius 3 is 2.19 bits per heavy atom. The highest BCUT2D eigenvalue weighted by molar-refractivity contribution is 6.02. The Balaban J connectivity index is 1.74. The summed E-state index contributed by atoms with van der Waals surface area (Å²) in [7, 11) is 0. The number of carbonyl (C=O) groups is 1. The van der Waals surface area contributed by atoms with Crippen LogP contribution in [0.1, 0.15) is 16.1 Å². The number of benzene rings is 1. The fourth-order valence-electron chi connectivity index (χ4n) is 2.03. The fraction of sp³-hybridized carbons (Fsp3) is 0.0625. The van der Waals surface area contributed by atoms with E-state index >= 15 is 0 Å². The molecule has 0 aliphatic heterocycles. The Morgan fingerprint density at radius 1 is 0.923 bits per heavy atom. The summed E-state index contributed by atoms with van der Waals surface area (Å²) in [5, 5.41) is 9.88. The Morgan fingerprint density at radius 2 is 1.62 bits per heavy atom. The van der Waals surface area contributed by atoms with Gasteiger partial charge in [0.15, 0.2) is 11.5 Å². The zero-order valence-corrected chi connectivity index (χ0v) is 12.8. The molecule has 1 amide bonds. The Labute approximate surface area is 143 Å². The Kier molecular flexibility index (Phi) is 4.57. The van der Waals surface area contributed by atoms with E-state index in [-0.39, 0.29) is 5.82 Å². The molecule has 0 fully saturated rings. The van der Waals surface area contributed by atoms with Crippen LogP contribution in [-0.4, -0.2) is 26.1 Å². The standard InChI is InChI=1S/C16H9F4N5O/c17-14-13(21-7-8-22-14)15(26)23-12-6-5-11(24-25-12)9-1-3-10(4-2-9)16(18,19)20/h1-8H,(H,23,25,26). The van der Waals surface area contributed by atoms with Crippen LogP contribution < -0.4 is 5.32 Å². The van der Waals surface area contributed by atoms with Gasteiger partial charge in [-0.05, 0) is 24.3 Å². The van der Waals surface area contributed by atoms with Gasteiger partial charge in [-0.1, -0.05) is 12.1 Å². The quantitative estimate of drug-likeness (QED) is 0.722. The number of anilines is 1. The van der Waals surface area contributed by atoms with Crippen LogP contribution in [0.3, 0.4) is 0 Å². The van der Waals surface area contributed by atoms with Crippen LogP contribution in [0.2, 0.25) is 0 Å². The van der Waals surface area contributed by atoms with Gasteiger partial charge in [0, 0.05) is 18.0 Å². The number of amides is 1. The second-order valence-electron chi connectivity index (χ2n) is 5.03. The molecule has 0 saturated carbocycles. The van der Waals surface area contributed by atoms with Crippen molar-refractivity contribution in [3.05, 3.63) is 66.0 Å². The van der Waals surface area contributed by atoms with Gasteiger partial charge in [0.05, 0.1) is 11.3 Å². The minimum atomic E-state index is -4.42. The first-order valence-corrected chi connectivity index (χ1v) is 7.14. The smallest absolute Gasteiger partial charge is 0.304 e. The highest BCUT2D eigenvalue weighted by Crippen LogP contribution is 2.30. The number of halogens is 4. The Hall–Kier alpha value is -3.43. The lowest BCUT2D eigenvalue weighted by Gasteiger charge is -2.07. The maximum absolute atomic E-state index is 13.4. The van der Waals surface area contributed by atoms with Gasteiger partial charge in [-0.15, -0.1) is 10.2 Å². The zero-order valence-electron chi connectivity index (χ0n) is 12.8. The molecule has 0 atom stereocenters. The SMILES string of the molecule is O=C(Nc1ccc(-c2ccc(C(F)(F)F)cc2)nn1)c1nccnc1F. The first-order chi connectivity index (χ1) is 12.3. The molecular weight excluding hydrogens is 354 g/mol. The lowest BCUT2D eigenvalue weighted by atomic mass is 10.1. The van der Waals surface area contributed by atoms with Gasteiger partial charge in [0.25, 0.3) is 5.91 Å². The van der Waals surface area contributed by atoms with E-state index in [2.05, 4.69) is 25.5 Å². The van der Waals surface area contributed by atoms with Gasteiger partial charge in [0.2, 0.25) is 5.95 Å². The van der Waals surface area contributed by atoms with E-state index in [1.165, 1.54) is 24.3 Å². The van der Waals surface area contributed by atoms with Crippen LogP contribution >= 0.6 is 0 Å². The number of hydrogen-bond acceptors (Lipinski definition) is 5. The molecule has 132 valence electrons. The summed E-state index contributed by atoms with van der Waals surface area (Å²) in [6.45, 7) is 0. The van der Waals surface area contributed by atoms with Crippen molar-refractivity contribution in [1.82, 2.24) is 20.2 Å². The van der Waals surface area contributed by atoms with Crippen molar-refractivity contribution in [2.24, 2.45) is 0 Å². The van der Waals surface area contributed by atoms with E-state index in [0.29, 0.717) is 11.3 Å². The van der Waals surface area contributed by atoms with E-state index in [1.54, 1.807) is 0 Å². The van der Waals surface area contributed by atoms with Crippen molar-refractivity contribution in [2.75, 3.05) is 5.32 Å². The number of nitrogens with one attached hydrogen (secondary N) is 1. The molecule has 0 aliphatic carbocycles. The maximum atomic E-state index is 13.4. The predicted molar refractivity (Wildman–Crippen MR) is 82.4 cm³/mol. The van der Waals surface area contributed by atoms with Gasteiger partial charge in [-0.25, -0.2) is 9.97 Å². The summed E-state index contributed by atoms with van der Waals surface area (Å²) >= 11 is 0. The normalized spacial score (nSPS) is 11.2. The van der Waals surface area contributed by atoms with E-state index < -0.39 is 29.3 Å². The van der Waals surface area contributed by atoms with E-state index in [1.807, 2.05) is 0 Å². The maximum Gasteiger partial charge on any atom is 0.416 e. The molecule has 0 spiro atoms. The highest BCUT2D eigenvalue weighted by atomic mass is 19.4. The van der Waals surface area contributed by atoms with Crippen molar-refractivity contribution in [3.8, 4) is 11.3 Å².